The molecule has 1 heterocycles. The van der Waals surface area contributed by atoms with E-state index >= 15 is 0 Å². The number of fused-ring (bicyclic) bond motifs is 8. The first-order chi connectivity index (χ1) is 18.5. The van der Waals surface area contributed by atoms with Crippen LogP contribution in [0, 0.1) is 50.2 Å². The summed E-state index contributed by atoms with van der Waals surface area (Å²) in [7, 11) is 1.56. The van der Waals surface area contributed by atoms with Gasteiger partial charge >= 0.3 is 17.9 Å². The molecule has 0 bridgehead atoms. The van der Waals surface area contributed by atoms with E-state index in [1.165, 1.54) is 5.57 Å². The maximum absolute atomic E-state index is 13.5. The molecule has 0 amide bonds. The summed E-state index contributed by atoms with van der Waals surface area (Å²) in [6.45, 7) is 16.6. The molecule has 6 nitrogen and oxygen atoms in total. The van der Waals surface area contributed by atoms with E-state index in [2.05, 4.69) is 54.5 Å². The van der Waals surface area contributed by atoms with Gasteiger partial charge in [0.1, 0.15) is 18.6 Å². The minimum atomic E-state index is -0.460. The van der Waals surface area contributed by atoms with Crippen molar-refractivity contribution in [2.75, 3.05) is 7.11 Å². The van der Waals surface area contributed by atoms with E-state index in [4.69, 9.17) is 14.2 Å². The van der Waals surface area contributed by atoms with Crippen molar-refractivity contribution < 1.29 is 28.6 Å². The molecule has 4 saturated carbocycles. The van der Waals surface area contributed by atoms with Crippen LogP contribution in [0.5, 0.6) is 0 Å². The fourth-order valence-electron chi connectivity index (χ4n) is 11.7. The Kier molecular flexibility index (Phi) is 6.08. The molecule has 0 spiro atoms. The van der Waals surface area contributed by atoms with E-state index < -0.39 is 29.6 Å². The molecule has 0 N–H and O–H groups in total. The number of rotatable bonds is 1. The zero-order chi connectivity index (χ0) is 29.1. The van der Waals surface area contributed by atoms with E-state index in [1.807, 2.05) is 0 Å². The van der Waals surface area contributed by atoms with Gasteiger partial charge in [-0.05, 0) is 97.2 Å². The van der Waals surface area contributed by atoms with Crippen LogP contribution < -0.4 is 0 Å². The molecule has 0 radical (unpaired) electrons. The topological polar surface area (TPSA) is 78.9 Å². The number of methoxy groups -OCH3 is 1. The Balaban J connectivity index is 1.43. The number of hydrogen-bond acceptors (Lipinski definition) is 6. The highest BCUT2D eigenvalue weighted by molar-refractivity contribution is 5.92. The van der Waals surface area contributed by atoms with Crippen molar-refractivity contribution in [1.29, 1.82) is 0 Å². The highest BCUT2D eigenvalue weighted by Crippen LogP contribution is 2.76. The molecule has 6 aliphatic rings. The first-order valence-electron chi connectivity index (χ1n) is 15.7. The van der Waals surface area contributed by atoms with Gasteiger partial charge in [0.05, 0.1) is 12.5 Å². The third-order valence-electron chi connectivity index (χ3n) is 13.9. The average molecular weight is 555 g/mol. The lowest BCUT2D eigenvalue weighted by Gasteiger charge is -2.71. The van der Waals surface area contributed by atoms with Crippen LogP contribution in [0.3, 0.4) is 0 Å². The molecular formula is C34H50O6. The normalized spacial score (nSPS) is 48.8. The maximum atomic E-state index is 13.5. The highest BCUT2D eigenvalue weighted by Gasteiger charge is 2.71. The smallest absolute Gasteiger partial charge is 0.317 e. The predicted octanol–water partition coefficient (Wildman–Crippen LogP) is 6.80. The fourth-order valence-corrected chi connectivity index (χ4v) is 11.7. The van der Waals surface area contributed by atoms with Crippen LogP contribution in [0.15, 0.2) is 11.6 Å². The van der Waals surface area contributed by atoms with E-state index in [0.29, 0.717) is 11.8 Å². The van der Waals surface area contributed by atoms with Crippen molar-refractivity contribution >= 4 is 17.9 Å². The van der Waals surface area contributed by atoms with Crippen LogP contribution in [0.2, 0.25) is 0 Å². The van der Waals surface area contributed by atoms with E-state index in [-0.39, 0.29) is 45.4 Å². The van der Waals surface area contributed by atoms with Crippen LogP contribution in [0.25, 0.3) is 0 Å². The SMILES string of the molecule is COC(=O)[C@@]12CCC(C)(C)C[C@@H]1C1=CC[C@@H]3[C@@]4(C)C[C@H]5OC(=O)CC(=O)O[C@@H]5C(C)(C)[C@H]4CC[C@@]3(C)[C@]1(C)CC2. The summed E-state index contributed by atoms with van der Waals surface area (Å²) < 4.78 is 17.4. The molecule has 1 aliphatic heterocycles. The molecule has 6 rings (SSSR count). The minimum absolute atomic E-state index is 0.00685. The Morgan fingerprint density at radius 3 is 2.25 bits per heavy atom. The monoisotopic (exact) mass is 554 g/mol. The van der Waals surface area contributed by atoms with Crippen molar-refractivity contribution in [1.82, 2.24) is 0 Å². The lowest BCUT2D eigenvalue weighted by atomic mass is 9.33. The molecule has 6 heteroatoms. The predicted molar refractivity (Wildman–Crippen MR) is 151 cm³/mol. The quantitative estimate of drug-likeness (QED) is 0.154. The Bertz CT molecular complexity index is 1170. The van der Waals surface area contributed by atoms with Gasteiger partial charge in [0.15, 0.2) is 0 Å². The Morgan fingerprint density at radius 1 is 0.875 bits per heavy atom. The second-order valence-electron chi connectivity index (χ2n) is 16.5. The Hall–Kier alpha value is -1.85. The number of carbonyl (C=O) groups excluding carboxylic acids is 3. The number of carbonyl (C=O) groups is 3. The van der Waals surface area contributed by atoms with Crippen LogP contribution in [0.4, 0.5) is 0 Å². The van der Waals surface area contributed by atoms with Gasteiger partial charge in [-0.15, -0.1) is 0 Å². The minimum Gasteiger partial charge on any atom is -0.469 e. The summed E-state index contributed by atoms with van der Waals surface area (Å²) in [5.74, 6) is 0.0580. The van der Waals surface area contributed by atoms with Gasteiger partial charge in [-0.1, -0.05) is 60.1 Å². The number of allylic oxidation sites excluding steroid dienone is 2. The third-order valence-corrected chi connectivity index (χ3v) is 13.9. The summed E-state index contributed by atoms with van der Waals surface area (Å²) in [4.78, 5) is 38.5. The Labute approximate surface area is 240 Å². The summed E-state index contributed by atoms with van der Waals surface area (Å²) in [6.07, 6.45) is 10.2. The van der Waals surface area contributed by atoms with Gasteiger partial charge in [-0.25, -0.2) is 0 Å². The van der Waals surface area contributed by atoms with E-state index in [9.17, 15) is 14.4 Å². The second-order valence-corrected chi connectivity index (χ2v) is 16.5. The lowest BCUT2D eigenvalue weighted by Crippen LogP contribution is -2.67. The number of ether oxygens (including phenoxy) is 3. The average Bonchev–Trinajstić information content (AvgIpc) is 3.00. The van der Waals surface area contributed by atoms with Crippen molar-refractivity contribution in [3.8, 4) is 0 Å². The number of hydrogen-bond donors (Lipinski definition) is 0. The molecule has 9 atom stereocenters. The van der Waals surface area contributed by atoms with Crippen LogP contribution in [-0.4, -0.2) is 37.2 Å². The van der Waals surface area contributed by atoms with Gasteiger partial charge in [0.2, 0.25) is 0 Å². The largest absolute Gasteiger partial charge is 0.469 e. The third kappa shape index (κ3) is 3.55. The summed E-state index contributed by atoms with van der Waals surface area (Å²) in [5, 5.41) is 0. The molecule has 40 heavy (non-hydrogen) atoms. The van der Waals surface area contributed by atoms with Gasteiger partial charge < -0.3 is 14.2 Å². The van der Waals surface area contributed by atoms with Crippen LogP contribution >= 0.6 is 0 Å². The molecule has 1 saturated heterocycles. The first kappa shape index (κ1) is 28.3. The molecule has 5 fully saturated rings. The zero-order valence-corrected chi connectivity index (χ0v) is 26.0. The maximum Gasteiger partial charge on any atom is 0.317 e. The van der Waals surface area contributed by atoms with Crippen molar-refractivity contribution in [2.24, 2.45) is 50.2 Å². The lowest BCUT2D eigenvalue weighted by molar-refractivity contribution is -0.239. The zero-order valence-electron chi connectivity index (χ0n) is 26.0. The molecule has 0 unspecified atom stereocenters. The second kappa shape index (κ2) is 8.60. The standard InChI is InChI=1S/C34H50O6/c1-29(2)13-15-34(28(37)38-8)16-14-32(6)20(21(34)18-29)9-10-24-31(5)19-22-27(40-26(36)17-25(35)39-22)30(3,4)23(31)11-12-33(24,32)7/h9,21-24,27H,10-19H2,1-8H3/t21-,22-,23-,24-,27+,31+,32-,33-,34-/m1/s1. The summed E-state index contributed by atoms with van der Waals surface area (Å²) in [5.41, 5.74) is 0.991. The van der Waals surface area contributed by atoms with Gasteiger partial charge in [-0.3, -0.25) is 14.4 Å². The highest BCUT2D eigenvalue weighted by atomic mass is 16.6. The van der Waals surface area contributed by atoms with E-state index in [1.54, 1.807) is 7.11 Å². The number of esters is 3. The van der Waals surface area contributed by atoms with Gasteiger partial charge in [-0.2, -0.15) is 0 Å². The molecule has 5 aliphatic carbocycles. The van der Waals surface area contributed by atoms with Gasteiger partial charge in [0, 0.05) is 5.41 Å². The molecule has 222 valence electrons. The Morgan fingerprint density at radius 2 is 1.55 bits per heavy atom. The van der Waals surface area contributed by atoms with Gasteiger partial charge in [0.25, 0.3) is 0 Å². The van der Waals surface area contributed by atoms with Crippen molar-refractivity contribution in [3.63, 3.8) is 0 Å². The van der Waals surface area contributed by atoms with Crippen LogP contribution in [0.1, 0.15) is 113 Å². The molecule has 0 aromatic carbocycles. The molecule has 0 aromatic heterocycles. The summed E-state index contributed by atoms with van der Waals surface area (Å²) >= 11 is 0. The fraction of sp³-hybridized carbons (Fsp3) is 0.853. The van der Waals surface area contributed by atoms with Crippen molar-refractivity contribution in [2.45, 2.75) is 125 Å². The van der Waals surface area contributed by atoms with E-state index in [0.717, 1.165) is 57.8 Å². The van der Waals surface area contributed by atoms with Crippen LogP contribution in [-0.2, 0) is 28.6 Å². The molecule has 0 aromatic rings. The van der Waals surface area contributed by atoms with Crippen molar-refractivity contribution in [3.05, 3.63) is 11.6 Å². The first-order valence-corrected chi connectivity index (χ1v) is 15.7. The molecular weight excluding hydrogens is 504 g/mol. The summed E-state index contributed by atoms with van der Waals surface area (Å²) in [6, 6.07) is 0.